The second kappa shape index (κ2) is 7.17. The molecule has 2 N–H and O–H groups in total. The van der Waals surface area contributed by atoms with Crippen molar-refractivity contribution >= 4 is 17.7 Å². The van der Waals surface area contributed by atoms with Crippen LogP contribution in [0.3, 0.4) is 0 Å². The first-order valence-corrected chi connectivity index (χ1v) is 7.39. The minimum atomic E-state index is 0.168. The maximum atomic E-state index is 11.9. The summed E-state index contributed by atoms with van der Waals surface area (Å²) in [6.07, 6.45) is 1.07. The summed E-state index contributed by atoms with van der Waals surface area (Å²) in [7, 11) is 0. The van der Waals surface area contributed by atoms with Gasteiger partial charge in [-0.15, -0.1) is 0 Å². The van der Waals surface area contributed by atoms with Gasteiger partial charge in [0.15, 0.2) is 0 Å². The Hall–Kier alpha value is -0.220. The van der Waals surface area contributed by atoms with E-state index in [0.29, 0.717) is 12.0 Å². The molecule has 1 amide bonds. The first-order valence-electron chi connectivity index (χ1n) is 6.24. The predicted molar refractivity (Wildman–Crippen MR) is 70.7 cm³/mol. The van der Waals surface area contributed by atoms with E-state index in [1.165, 1.54) is 0 Å². The van der Waals surface area contributed by atoms with Gasteiger partial charge in [0, 0.05) is 12.6 Å². The summed E-state index contributed by atoms with van der Waals surface area (Å²) < 4.78 is 0. The van der Waals surface area contributed by atoms with Crippen LogP contribution in [0.15, 0.2) is 0 Å². The lowest BCUT2D eigenvalue weighted by molar-refractivity contribution is -0.126. The molecule has 0 radical (unpaired) electrons. The third-order valence-corrected chi connectivity index (χ3v) is 4.07. The Labute approximate surface area is 103 Å². The lowest BCUT2D eigenvalue weighted by Crippen LogP contribution is -2.39. The standard InChI is InChI=1S/C12H24N2OS/c1-4-16-6-5-10(3)14-12(15)11-8-13-7-9(11)2/h9-11,13H,4-8H2,1-3H3,(H,14,15)/t9-,10?,11-/m1/s1. The summed E-state index contributed by atoms with van der Waals surface area (Å²) in [6, 6.07) is 0.305. The van der Waals surface area contributed by atoms with Crippen molar-refractivity contribution in [1.29, 1.82) is 0 Å². The van der Waals surface area contributed by atoms with Crippen molar-refractivity contribution in [2.24, 2.45) is 11.8 Å². The topological polar surface area (TPSA) is 41.1 Å². The third-order valence-electron chi connectivity index (χ3n) is 3.14. The highest BCUT2D eigenvalue weighted by Gasteiger charge is 2.29. The number of thioether (sulfide) groups is 1. The zero-order valence-electron chi connectivity index (χ0n) is 10.6. The summed E-state index contributed by atoms with van der Waals surface area (Å²) in [4.78, 5) is 11.9. The lowest BCUT2D eigenvalue weighted by Gasteiger charge is -2.18. The SMILES string of the molecule is CCSCCC(C)NC(=O)[C@@H]1CNC[C@H]1C. The van der Waals surface area contributed by atoms with Crippen molar-refractivity contribution < 1.29 is 4.79 Å². The number of carbonyl (C=O) groups excluding carboxylic acids is 1. The van der Waals surface area contributed by atoms with Crippen LogP contribution in [-0.2, 0) is 4.79 Å². The molecule has 0 aromatic heterocycles. The van der Waals surface area contributed by atoms with E-state index in [4.69, 9.17) is 0 Å². The molecular formula is C12H24N2OS. The second-order valence-corrected chi connectivity index (χ2v) is 6.03. The van der Waals surface area contributed by atoms with E-state index in [1.54, 1.807) is 0 Å². The van der Waals surface area contributed by atoms with Crippen molar-refractivity contribution in [3.05, 3.63) is 0 Å². The molecule has 1 saturated heterocycles. The molecule has 4 heteroatoms. The number of carbonyl (C=O) groups is 1. The summed E-state index contributed by atoms with van der Waals surface area (Å²) >= 11 is 1.93. The quantitative estimate of drug-likeness (QED) is 0.696. The van der Waals surface area contributed by atoms with Crippen LogP contribution in [0.2, 0.25) is 0 Å². The summed E-state index contributed by atoms with van der Waals surface area (Å²) in [5.74, 6) is 3.16. The first kappa shape index (κ1) is 13.8. The Kier molecular flexibility index (Phi) is 6.21. The molecular weight excluding hydrogens is 220 g/mol. The normalized spacial score (nSPS) is 26.7. The van der Waals surface area contributed by atoms with Crippen LogP contribution >= 0.6 is 11.8 Å². The largest absolute Gasteiger partial charge is 0.353 e. The fourth-order valence-corrected chi connectivity index (χ4v) is 2.80. The van der Waals surface area contributed by atoms with E-state index in [9.17, 15) is 4.79 Å². The van der Waals surface area contributed by atoms with Crippen LogP contribution in [0, 0.1) is 11.8 Å². The van der Waals surface area contributed by atoms with Gasteiger partial charge in [0.05, 0.1) is 5.92 Å². The number of nitrogens with one attached hydrogen (secondary N) is 2. The van der Waals surface area contributed by atoms with Gasteiger partial charge < -0.3 is 10.6 Å². The van der Waals surface area contributed by atoms with Crippen LogP contribution in [0.1, 0.15) is 27.2 Å². The molecule has 1 heterocycles. The van der Waals surface area contributed by atoms with Crippen LogP contribution < -0.4 is 10.6 Å². The van der Waals surface area contributed by atoms with Gasteiger partial charge in [0.25, 0.3) is 0 Å². The van der Waals surface area contributed by atoms with Crippen molar-refractivity contribution in [2.45, 2.75) is 33.2 Å². The zero-order valence-corrected chi connectivity index (χ0v) is 11.4. The molecule has 1 aliphatic rings. The molecule has 3 atom stereocenters. The molecule has 3 nitrogen and oxygen atoms in total. The van der Waals surface area contributed by atoms with Gasteiger partial charge in [-0.3, -0.25) is 4.79 Å². The Morgan fingerprint density at radius 3 is 2.88 bits per heavy atom. The molecule has 1 fully saturated rings. The zero-order chi connectivity index (χ0) is 12.0. The summed E-state index contributed by atoms with van der Waals surface area (Å²) in [5, 5.41) is 6.38. The molecule has 0 aromatic rings. The van der Waals surface area contributed by atoms with Gasteiger partial charge in [-0.2, -0.15) is 11.8 Å². The number of rotatable bonds is 6. The van der Waals surface area contributed by atoms with E-state index in [0.717, 1.165) is 31.0 Å². The van der Waals surface area contributed by atoms with Crippen LogP contribution in [0.5, 0.6) is 0 Å². The minimum absolute atomic E-state index is 0.168. The molecule has 1 rings (SSSR count). The van der Waals surface area contributed by atoms with Gasteiger partial charge in [-0.25, -0.2) is 0 Å². The molecule has 0 spiro atoms. The Morgan fingerprint density at radius 2 is 2.31 bits per heavy atom. The fourth-order valence-electron chi connectivity index (χ4n) is 1.99. The average molecular weight is 244 g/mol. The van der Waals surface area contributed by atoms with Crippen molar-refractivity contribution in [1.82, 2.24) is 10.6 Å². The molecule has 0 bridgehead atoms. The van der Waals surface area contributed by atoms with E-state index >= 15 is 0 Å². The Balaban J connectivity index is 2.22. The van der Waals surface area contributed by atoms with Crippen LogP contribution in [0.25, 0.3) is 0 Å². The lowest BCUT2D eigenvalue weighted by atomic mass is 9.97. The highest BCUT2D eigenvalue weighted by molar-refractivity contribution is 7.99. The average Bonchev–Trinajstić information content (AvgIpc) is 2.65. The molecule has 1 unspecified atom stereocenters. The van der Waals surface area contributed by atoms with E-state index < -0.39 is 0 Å². The molecule has 94 valence electrons. The molecule has 1 aliphatic heterocycles. The van der Waals surface area contributed by atoms with Gasteiger partial charge in [0.1, 0.15) is 0 Å². The number of hydrogen-bond donors (Lipinski definition) is 2. The summed E-state index contributed by atoms with van der Waals surface area (Å²) in [6.45, 7) is 8.21. The minimum Gasteiger partial charge on any atom is -0.353 e. The monoisotopic (exact) mass is 244 g/mol. The molecule has 0 aromatic carbocycles. The highest BCUT2D eigenvalue weighted by Crippen LogP contribution is 2.16. The molecule has 0 aliphatic carbocycles. The van der Waals surface area contributed by atoms with Gasteiger partial charge in [-0.1, -0.05) is 13.8 Å². The Bertz CT molecular complexity index is 223. The van der Waals surface area contributed by atoms with E-state index in [2.05, 4.69) is 31.4 Å². The second-order valence-electron chi connectivity index (χ2n) is 4.64. The van der Waals surface area contributed by atoms with Crippen LogP contribution in [-0.4, -0.2) is 36.5 Å². The predicted octanol–water partition coefficient (Wildman–Crippen LogP) is 1.49. The maximum Gasteiger partial charge on any atom is 0.224 e. The third kappa shape index (κ3) is 4.34. The van der Waals surface area contributed by atoms with Crippen molar-refractivity contribution in [2.75, 3.05) is 24.6 Å². The highest BCUT2D eigenvalue weighted by atomic mass is 32.2. The number of hydrogen-bond acceptors (Lipinski definition) is 3. The number of amides is 1. The van der Waals surface area contributed by atoms with Gasteiger partial charge in [0.2, 0.25) is 5.91 Å². The van der Waals surface area contributed by atoms with Gasteiger partial charge in [-0.05, 0) is 37.3 Å². The molecule has 16 heavy (non-hydrogen) atoms. The summed E-state index contributed by atoms with van der Waals surface area (Å²) in [5.41, 5.74) is 0. The van der Waals surface area contributed by atoms with Gasteiger partial charge >= 0.3 is 0 Å². The molecule has 0 saturated carbocycles. The first-order chi connectivity index (χ1) is 7.65. The van der Waals surface area contributed by atoms with E-state index in [1.807, 2.05) is 11.8 Å². The Morgan fingerprint density at radius 1 is 1.56 bits per heavy atom. The smallest absolute Gasteiger partial charge is 0.224 e. The fraction of sp³-hybridized carbons (Fsp3) is 0.917. The van der Waals surface area contributed by atoms with Crippen LogP contribution in [0.4, 0.5) is 0 Å². The maximum absolute atomic E-state index is 11.9. The van der Waals surface area contributed by atoms with Crippen molar-refractivity contribution in [3.8, 4) is 0 Å². The van der Waals surface area contributed by atoms with E-state index in [-0.39, 0.29) is 11.8 Å². The van der Waals surface area contributed by atoms with Crippen molar-refractivity contribution in [3.63, 3.8) is 0 Å².